The van der Waals surface area contributed by atoms with Crippen molar-refractivity contribution in [3.05, 3.63) is 48.6 Å². The zero-order valence-electron chi connectivity index (χ0n) is 37.0. The molecular formula is C48H87O8P. The van der Waals surface area contributed by atoms with Crippen molar-refractivity contribution in [1.29, 1.82) is 0 Å². The van der Waals surface area contributed by atoms with Gasteiger partial charge in [-0.2, -0.15) is 0 Å². The van der Waals surface area contributed by atoms with E-state index in [9.17, 15) is 19.0 Å². The number of carbonyl (C=O) groups is 2. The number of esters is 2. The Morgan fingerprint density at radius 3 is 1.35 bits per heavy atom. The van der Waals surface area contributed by atoms with Gasteiger partial charge in [0, 0.05) is 12.8 Å². The minimum atomic E-state index is -4.28. The van der Waals surface area contributed by atoms with E-state index in [0.717, 1.165) is 70.6 Å². The molecule has 1 N–H and O–H groups in total. The molecule has 8 nitrogen and oxygen atoms in total. The van der Waals surface area contributed by atoms with Crippen LogP contribution in [-0.2, 0) is 32.7 Å². The molecular weight excluding hydrogens is 735 g/mol. The molecule has 332 valence electrons. The van der Waals surface area contributed by atoms with Crippen molar-refractivity contribution in [1.82, 2.24) is 0 Å². The molecule has 0 bridgehead atoms. The first kappa shape index (κ1) is 55.0. The summed E-state index contributed by atoms with van der Waals surface area (Å²) in [5.74, 6) is -0.796. The van der Waals surface area contributed by atoms with E-state index in [1.165, 1.54) is 109 Å². The minimum absolute atomic E-state index is 0.000333. The summed E-state index contributed by atoms with van der Waals surface area (Å²) in [6, 6.07) is 0. The molecule has 0 fully saturated rings. The van der Waals surface area contributed by atoms with Gasteiger partial charge in [-0.1, -0.05) is 197 Å². The first-order chi connectivity index (χ1) is 27.8. The summed E-state index contributed by atoms with van der Waals surface area (Å²) in [6.07, 6.45) is 51.6. The highest BCUT2D eigenvalue weighted by molar-refractivity contribution is 7.47. The number of phosphoric acid groups is 1. The second-order valence-corrected chi connectivity index (χ2v) is 16.9. The second-order valence-electron chi connectivity index (χ2n) is 15.4. The Hall–Kier alpha value is -1.99. The average molecular weight is 823 g/mol. The normalized spacial score (nSPS) is 13.7. The molecule has 9 heteroatoms. The molecule has 0 spiro atoms. The maximum Gasteiger partial charge on any atom is 0.472 e. The highest BCUT2D eigenvalue weighted by Gasteiger charge is 2.25. The van der Waals surface area contributed by atoms with Crippen molar-refractivity contribution in [2.75, 3.05) is 19.8 Å². The lowest BCUT2D eigenvalue weighted by atomic mass is 10.0. The Morgan fingerprint density at radius 2 is 0.895 bits per heavy atom. The Kier molecular flexibility index (Phi) is 42.1. The van der Waals surface area contributed by atoms with E-state index < -0.39 is 26.5 Å². The highest BCUT2D eigenvalue weighted by Crippen LogP contribution is 2.43. The first-order valence-electron chi connectivity index (χ1n) is 23.4. The van der Waals surface area contributed by atoms with Gasteiger partial charge < -0.3 is 14.4 Å². The summed E-state index contributed by atoms with van der Waals surface area (Å²) in [7, 11) is -4.28. The van der Waals surface area contributed by atoms with Gasteiger partial charge in [-0.3, -0.25) is 18.6 Å². The third-order valence-electron chi connectivity index (χ3n) is 9.90. The monoisotopic (exact) mass is 823 g/mol. The van der Waals surface area contributed by atoms with E-state index in [4.69, 9.17) is 18.5 Å². The molecule has 0 rings (SSSR count). The Labute approximate surface area is 350 Å². The van der Waals surface area contributed by atoms with Crippen LogP contribution >= 0.6 is 7.82 Å². The molecule has 2 unspecified atom stereocenters. The van der Waals surface area contributed by atoms with Gasteiger partial charge in [0.25, 0.3) is 0 Å². The minimum Gasteiger partial charge on any atom is -0.462 e. The van der Waals surface area contributed by atoms with Gasteiger partial charge in [0.15, 0.2) is 6.10 Å². The molecule has 0 aromatic carbocycles. The molecule has 2 atom stereocenters. The summed E-state index contributed by atoms with van der Waals surface area (Å²) < 4.78 is 32.7. The molecule has 0 aliphatic rings. The topological polar surface area (TPSA) is 108 Å². The number of phosphoric ester groups is 1. The van der Waals surface area contributed by atoms with E-state index in [2.05, 4.69) is 62.5 Å². The van der Waals surface area contributed by atoms with Crippen LogP contribution in [0.3, 0.4) is 0 Å². The predicted octanol–water partition coefficient (Wildman–Crippen LogP) is 15.0. The molecule has 0 aliphatic heterocycles. The molecule has 0 aliphatic carbocycles. The molecule has 0 saturated heterocycles. The van der Waals surface area contributed by atoms with Crippen LogP contribution in [0.25, 0.3) is 0 Å². The number of rotatable bonds is 43. The van der Waals surface area contributed by atoms with E-state index in [0.29, 0.717) is 12.8 Å². The predicted molar refractivity (Wildman–Crippen MR) is 239 cm³/mol. The van der Waals surface area contributed by atoms with Crippen LogP contribution in [0.5, 0.6) is 0 Å². The van der Waals surface area contributed by atoms with Crippen molar-refractivity contribution in [2.45, 2.75) is 226 Å². The lowest BCUT2D eigenvalue weighted by molar-refractivity contribution is -0.161. The molecule has 0 aromatic rings. The fraction of sp³-hybridized carbons (Fsp3) is 0.792. The van der Waals surface area contributed by atoms with E-state index >= 15 is 0 Å². The fourth-order valence-corrected chi connectivity index (χ4v) is 7.26. The Morgan fingerprint density at radius 1 is 0.491 bits per heavy atom. The van der Waals surface area contributed by atoms with Crippen LogP contribution in [0, 0.1) is 0 Å². The summed E-state index contributed by atoms with van der Waals surface area (Å²) in [4.78, 5) is 34.8. The molecule has 0 radical (unpaired) electrons. The Balaban J connectivity index is 4.01. The van der Waals surface area contributed by atoms with Crippen molar-refractivity contribution >= 4 is 19.8 Å². The smallest absolute Gasteiger partial charge is 0.462 e. The van der Waals surface area contributed by atoms with E-state index in [1.807, 2.05) is 0 Å². The second kappa shape index (κ2) is 43.6. The number of ether oxygens (including phenoxy) is 2. The standard InChI is InChI=1S/C48H87O8P/c1-4-7-9-11-13-15-17-19-21-22-23-24-25-26-27-28-29-31-33-35-37-39-41-43-48(50)56-46(45-55-57(51,52)54-6-3)44-53-47(49)42-40-38-36-34-32-30-20-18-16-14-12-10-8-5-2/h7,9,13,15,19,21,23-24,46H,4-6,8,10-12,14,16-18,20,22,25-45H2,1-3H3,(H,51,52)/b9-7-,15-13-,21-19-,24-23-. The number of allylic oxidation sites excluding steroid dienone is 8. The van der Waals surface area contributed by atoms with Gasteiger partial charge in [0.05, 0.1) is 13.2 Å². The maximum atomic E-state index is 12.6. The molecule has 0 saturated carbocycles. The van der Waals surface area contributed by atoms with Crippen LogP contribution in [0.1, 0.15) is 220 Å². The van der Waals surface area contributed by atoms with Crippen LogP contribution in [0.4, 0.5) is 0 Å². The van der Waals surface area contributed by atoms with Crippen LogP contribution in [-0.4, -0.2) is 42.8 Å². The van der Waals surface area contributed by atoms with Crippen molar-refractivity contribution < 1.29 is 37.6 Å². The number of carbonyl (C=O) groups excluding carboxylic acids is 2. The summed E-state index contributed by atoms with van der Waals surface area (Å²) in [5, 5.41) is 0. The van der Waals surface area contributed by atoms with E-state index in [-0.39, 0.29) is 25.6 Å². The molecule has 0 amide bonds. The lowest BCUT2D eigenvalue weighted by Crippen LogP contribution is -2.29. The van der Waals surface area contributed by atoms with Crippen LogP contribution in [0.2, 0.25) is 0 Å². The van der Waals surface area contributed by atoms with E-state index in [1.54, 1.807) is 6.92 Å². The number of unbranched alkanes of at least 4 members (excludes halogenated alkanes) is 23. The molecule has 0 heterocycles. The zero-order valence-corrected chi connectivity index (χ0v) is 37.9. The summed E-state index contributed by atoms with van der Waals surface area (Å²) in [6.45, 7) is 5.38. The molecule has 57 heavy (non-hydrogen) atoms. The number of hydrogen-bond donors (Lipinski definition) is 1. The largest absolute Gasteiger partial charge is 0.472 e. The summed E-state index contributed by atoms with van der Waals surface area (Å²) >= 11 is 0. The van der Waals surface area contributed by atoms with Crippen molar-refractivity contribution in [3.63, 3.8) is 0 Å². The van der Waals surface area contributed by atoms with Crippen LogP contribution in [0.15, 0.2) is 48.6 Å². The van der Waals surface area contributed by atoms with Gasteiger partial charge in [0.1, 0.15) is 6.61 Å². The van der Waals surface area contributed by atoms with Crippen molar-refractivity contribution in [3.8, 4) is 0 Å². The molecule has 0 aromatic heterocycles. The number of hydrogen-bond acceptors (Lipinski definition) is 7. The summed E-state index contributed by atoms with van der Waals surface area (Å²) in [5.41, 5.74) is 0. The van der Waals surface area contributed by atoms with Gasteiger partial charge in [0.2, 0.25) is 0 Å². The average Bonchev–Trinajstić information content (AvgIpc) is 3.19. The zero-order chi connectivity index (χ0) is 41.8. The highest BCUT2D eigenvalue weighted by atomic mass is 31.2. The first-order valence-corrected chi connectivity index (χ1v) is 24.9. The third-order valence-corrected chi connectivity index (χ3v) is 11.0. The quantitative estimate of drug-likeness (QED) is 0.0280. The fourth-order valence-electron chi connectivity index (χ4n) is 6.50. The van der Waals surface area contributed by atoms with Gasteiger partial charge in [-0.05, 0) is 58.3 Å². The lowest BCUT2D eigenvalue weighted by Gasteiger charge is -2.19. The maximum absolute atomic E-state index is 12.6. The van der Waals surface area contributed by atoms with Gasteiger partial charge in [-0.15, -0.1) is 0 Å². The van der Waals surface area contributed by atoms with Gasteiger partial charge in [-0.25, -0.2) is 4.57 Å². The van der Waals surface area contributed by atoms with Crippen molar-refractivity contribution in [2.24, 2.45) is 0 Å². The van der Waals surface area contributed by atoms with Gasteiger partial charge >= 0.3 is 19.8 Å². The SMILES string of the molecule is CC/C=C\C/C=C\C/C=C\C/C=C\CCCCCCCCCCCCC(=O)OC(COC(=O)CCCCCCCCCCCCCCCC)COP(=O)(O)OCC. The Bertz CT molecular complexity index is 1070. The third kappa shape index (κ3) is 43.4. The van der Waals surface area contributed by atoms with Crippen LogP contribution < -0.4 is 0 Å².